The Bertz CT molecular complexity index is 692. The molecule has 1 aromatic heterocycles. The minimum Gasteiger partial charge on any atom is -0.481 e. The Morgan fingerprint density at radius 1 is 1.33 bits per heavy atom. The first kappa shape index (κ1) is 16.5. The van der Waals surface area contributed by atoms with E-state index in [2.05, 4.69) is 25.8 Å². The third-order valence-electron chi connectivity index (χ3n) is 2.71. The van der Waals surface area contributed by atoms with Gasteiger partial charge in [0.2, 0.25) is 0 Å². The van der Waals surface area contributed by atoms with Crippen LogP contribution in [0.2, 0.25) is 10.0 Å². The predicted molar refractivity (Wildman–Crippen MR) is 87.6 cm³/mol. The van der Waals surface area contributed by atoms with Crippen molar-refractivity contribution in [2.45, 2.75) is 32.5 Å². The number of rotatable bonds is 4. The lowest BCUT2D eigenvalue weighted by molar-refractivity contribution is -0.133. The third-order valence-corrected chi connectivity index (χ3v) is 4.40. The first-order valence-electron chi connectivity index (χ1n) is 6.37. The van der Waals surface area contributed by atoms with Crippen LogP contribution in [0.4, 0.5) is 0 Å². The van der Waals surface area contributed by atoms with Gasteiger partial charge in [-0.25, -0.2) is 4.98 Å². The van der Waals surface area contributed by atoms with E-state index in [1.807, 2.05) is 4.57 Å². The number of hydrogen-bond acceptors (Lipinski definition) is 3. The average Bonchev–Trinajstić information content (AvgIpc) is 2.63. The summed E-state index contributed by atoms with van der Waals surface area (Å²) in [5.74, 6) is -0.903. The number of aliphatic carboxylic acids is 1. The van der Waals surface area contributed by atoms with Gasteiger partial charge in [0.1, 0.15) is 0 Å². The van der Waals surface area contributed by atoms with Crippen molar-refractivity contribution in [3.8, 4) is 0 Å². The van der Waals surface area contributed by atoms with Crippen LogP contribution in [-0.2, 0) is 11.3 Å². The second-order valence-electron chi connectivity index (χ2n) is 5.98. The maximum atomic E-state index is 10.8. The summed E-state index contributed by atoms with van der Waals surface area (Å²) in [6.45, 7) is 7.05. The molecule has 0 aliphatic rings. The Kier molecular flexibility index (Phi) is 4.76. The number of imidazole rings is 1. The molecular weight excluding hydrogens is 331 g/mol. The van der Waals surface area contributed by atoms with E-state index in [4.69, 9.17) is 28.3 Å². The van der Waals surface area contributed by atoms with Crippen molar-refractivity contribution >= 4 is 52.0 Å². The maximum Gasteiger partial charge on any atom is 0.313 e. The number of nitrogens with zero attached hydrogens (tertiary/aromatic N) is 2. The van der Waals surface area contributed by atoms with Crippen molar-refractivity contribution in [2.24, 2.45) is 5.41 Å². The Labute approximate surface area is 137 Å². The molecule has 0 bridgehead atoms. The van der Waals surface area contributed by atoms with Crippen LogP contribution in [0.25, 0.3) is 11.0 Å². The molecular formula is C14H16Cl2N2O2S. The fourth-order valence-corrected chi connectivity index (χ4v) is 3.01. The van der Waals surface area contributed by atoms with Crippen LogP contribution in [0.1, 0.15) is 20.8 Å². The molecule has 0 fully saturated rings. The van der Waals surface area contributed by atoms with Gasteiger partial charge in [-0.05, 0) is 17.5 Å². The Balaban J connectivity index is 2.54. The van der Waals surface area contributed by atoms with Crippen molar-refractivity contribution in [3.05, 3.63) is 22.2 Å². The van der Waals surface area contributed by atoms with Crippen LogP contribution < -0.4 is 0 Å². The summed E-state index contributed by atoms with van der Waals surface area (Å²) in [7, 11) is 0. The molecule has 1 heterocycles. The second kappa shape index (κ2) is 6.07. The molecule has 0 atom stereocenters. The van der Waals surface area contributed by atoms with Crippen LogP contribution in [-0.4, -0.2) is 26.4 Å². The van der Waals surface area contributed by atoms with E-state index in [0.29, 0.717) is 21.7 Å². The zero-order valence-electron chi connectivity index (χ0n) is 12.0. The molecule has 1 N–H and O–H groups in total. The number of carboxylic acids is 1. The molecule has 21 heavy (non-hydrogen) atoms. The van der Waals surface area contributed by atoms with Crippen molar-refractivity contribution in [1.82, 2.24) is 9.55 Å². The zero-order chi connectivity index (χ0) is 15.8. The minimum absolute atomic E-state index is 0.0261. The molecule has 0 saturated carbocycles. The summed E-state index contributed by atoms with van der Waals surface area (Å²) >= 11 is 13.3. The SMILES string of the molecule is CC(C)(C)Cn1c(SCC(=O)O)nc2cc(Cl)c(Cl)cc21. The smallest absolute Gasteiger partial charge is 0.313 e. The standard InChI is InChI=1S/C14H16Cl2N2O2S/c1-14(2,3)7-18-11-5-9(16)8(15)4-10(11)17-13(18)21-6-12(19)20/h4-5H,6-7H2,1-3H3,(H,19,20). The average molecular weight is 347 g/mol. The van der Waals surface area contributed by atoms with E-state index in [0.717, 1.165) is 11.0 Å². The van der Waals surface area contributed by atoms with Gasteiger partial charge >= 0.3 is 5.97 Å². The lowest BCUT2D eigenvalue weighted by Gasteiger charge is -2.21. The summed E-state index contributed by atoms with van der Waals surface area (Å²) < 4.78 is 2.01. The van der Waals surface area contributed by atoms with Gasteiger partial charge in [0, 0.05) is 6.54 Å². The largest absolute Gasteiger partial charge is 0.481 e. The summed E-state index contributed by atoms with van der Waals surface area (Å²) in [5, 5.41) is 10.4. The number of aromatic nitrogens is 2. The van der Waals surface area contributed by atoms with Gasteiger partial charge in [-0.1, -0.05) is 55.7 Å². The molecule has 0 saturated heterocycles. The first-order valence-corrected chi connectivity index (χ1v) is 8.11. The number of halogens is 2. The highest BCUT2D eigenvalue weighted by atomic mass is 35.5. The fourth-order valence-electron chi connectivity index (χ4n) is 1.96. The summed E-state index contributed by atoms with van der Waals surface area (Å²) in [4.78, 5) is 15.3. The lowest BCUT2D eigenvalue weighted by Crippen LogP contribution is -2.16. The van der Waals surface area contributed by atoms with Crippen LogP contribution in [0.5, 0.6) is 0 Å². The van der Waals surface area contributed by atoms with Crippen LogP contribution in [0.15, 0.2) is 17.3 Å². The van der Waals surface area contributed by atoms with Gasteiger partial charge in [0.05, 0.1) is 26.8 Å². The highest BCUT2D eigenvalue weighted by Crippen LogP contribution is 2.33. The fraction of sp³-hybridized carbons (Fsp3) is 0.429. The molecule has 0 radical (unpaired) electrons. The first-order chi connectivity index (χ1) is 9.67. The van der Waals surface area contributed by atoms with Crippen molar-refractivity contribution < 1.29 is 9.90 Å². The van der Waals surface area contributed by atoms with E-state index in [-0.39, 0.29) is 11.2 Å². The Morgan fingerprint density at radius 2 is 1.95 bits per heavy atom. The molecule has 0 aliphatic carbocycles. The lowest BCUT2D eigenvalue weighted by atomic mass is 9.97. The van der Waals surface area contributed by atoms with Gasteiger partial charge < -0.3 is 9.67 Å². The van der Waals surface area contributed by atoms with E-state index < -0.39 is 5.97 Å². The highest BCUT2D eigenvalue weighted by Gasteiger charge is 2.19. The molecule has 7 heteroatoms. The Hall–Kier alpha value is -0.910. The molecule has 1 aromatic carbocycles. The topological polar surface area (TPSA) is 55.1 Å². The van der Waals surface area contributed by atoms with Gasteiger partial charge in [-0.2, -0.15) is 0 Å². The number of benzene rings is 1. The number of carboxylic acid groups (broad SMARTS) is 1. The molecule has 0 spiro atoms. The molecule has 0 unspecified atom stereocenters. The second-order valence-corrected chi connectivity index (χ2v) is 7.74. The van der Waals surface area contributed by atoms with Crippen LogP contribution in [0.3, 0.4) is 0 Å². The maximum absolute atomic E-state index is 10.8. The third kappa shape index (κ3) is 4.05. The molecule has 0 aliphatic heterocycles. The van der Waals surface area contributed by atoms with Crippen LogP contribution >= 0.6 is 35.0 Å². The summed E-state index contributed by atoms with van der Waals surface area (Å²) in [6, 6.07) is 3.49. The summed E-state index contributed by atoms with van der Waals surface area (Å²) in [5.41, 5.74) is 1.62. The van der Waals surface area contributed by atoms with Crippen molar-refractivity contribution in [2.75, 3.05) is 5.75 Å². The zero-order valence-corrected chi connectivity index (χ0v) is 14.3. The molecule has 114 valence electrons. The highest BCUT2D eigenvalue weighted by molar-refractivity contribution is 7.99. The number of carbonyl (C=O) groups is 1. The monoisotopic (exact) mass is 346 g/mol. The van der Waals surface area contributed by atoms with Crippen molar-refractivity contribution in [1.29, 1.82) is 0 Å². The van der Waals surface area contributed by atoms with Gasteiger partial charge in [-0.15, -0.1) is 0 Å². The Morgan fingerprint density at radius 3 is 2.52 bits per heavy atom. The van der Waals surface area contributed by atoms with Crippen molar-refractivity contribution in [3.63, 3.8) is 0 Å². The molecule has 2 rings (SSSR count). The minimum atomic E-state index is -0.870. The van der Waals surface area contributed by atoms with E-state index >= 15 is 0 Å². The van der Waals surface area contributed by atoms with Crippen LogP contribution in [0, 0.1) is 5.41 Å². The van der Waals surface area contributed by atoms with Gasteiger partial charge in [0.25, 0.3) is 0 Å². The summed E-state index contributed by atoms with van der Waals surface area (Å²) in [6.07, 6.45) is 0. The molecule has 4 nitrogen and oxygen atoms in total. The predicted octanol–water partition coefficient (Wildman–Crippen LogP) is 4.57. The van der Waals surface area contributed by atoms with E-state index in [9.17, 15) is 4.79 Å². The number of hydrogen-bond donors (Lipinski definition) is 1. The molecule has 0 amide bonds. The van der Waals surface area contributed by atoms with E-state index in [1.54, 1.807) is 12.1 Å². The molecule has 2 aromatic rings. The number of fused-ring (bicyclic) bond motifs is 1. The normalized spacial score (nSPS) is 12.0. The van der Waals surface area contributed by atoms with E-state index in [1.165, 1.54) is 11.8 Å². The van der Waals surface area contributed by atoms with Gasteiger partial charge in [0.15, 0.2) is 5.16 Å². The van der Waals surface area contributed by atoms with Gasteiger partial charge in [-0.3, -0.25) is 4.79 Å². The number of thioether (sulfide) groups is 1. The quantitative estimate of drug-likeness (QED) is 0.824.